The van der Waals surface area contributed by atoms with Gasteiger partial charge in [-0.2, -0.15) is 9.36 Å². The van der Waals surface area contributed by atoms with E-state index in [1.165, 1.54) is 27.8 Å². The molecule has 7 heteroatoms. The highest BCUT2D eigenvalue weighted by Crippen LogP contribution is 2.44. The van der Waals surface area contributed by atoms with Gasteiger partial charge < -0.3 is 4.74 Å². The molecule has 1 aromatic heterocycles. The number of tetrazole rings is 1. The van der Waals surface area contributed by atoms with Crippen molar-refractivity contribution in [2.45, 2.75) is 25.4 Å². The summed E-state index contributed by atoms with van der Waals surface area (Å²) >= 11 is 3.56. The Morgan fingerprint density at radius 2 is 1.96 bits per heavy atom. The smallest absolute Gasteiger partial charge is 0.368 e. The first-order valence-corrected chi connectivity index (χ1v) is 8.93. The number of benzene rings is 2. The van der Waals surface area contributed by atoms with Gasteiger partial charge in [-0.25, -0.2) is 4.79 Å². The highest BCUT2D eigenvalue weighted by molar-refractivity contribution is 9.10. The van der Waals surface area contributed by atoms with E-state index in [4.69, 9.17) is 4.74 Å². The molecular weight excluding hydrogens is 384 g/mol. The minimum Gasteiger partial charge on any atom is -0.488 e. The molecule has 1 fully saturated rings. The number of hydrogen-bond donors (Lipinski definition) is 0. The number of hydrogen-bond acceptors (Lipinski definition) is 4. The standard InChI is InChI=1S/C18H17BrN4O2/c1-22-18(24)23(21-20-22)16-7-4-6-15(19)14(16)11-25-17-8-3-2-5-13(17)12-9-10-12/h2-8,12H,9-11H2,1H3. The molecule has 128 valence electrons. The monoisotopic (exact) mass is 400 g/mol. The van der Waals surface area contributed by atoms with Gasteiger partial charge in [0.15, 0.2) is 0 Å². The molecular formula is C18H17BrN4O2. The molecule has 0 radical (unpaired) electrons. The van der Waals surface area contributed by atoms with Crippen LogP contribution in [0.25, 0.3) is 5.69 Å². The van der Waals surface area contributed by atoms with Gasteiger partial charge >= 0.3 is 5.69 Å². The summed E-state index contributed by atoms with van der Waals surface area (Å²) in [6, 6.07) is 13.8. The second kappa shape index (κ2) is 6.48. The normalized spacial score (nSPS) is 13.8. The van der Waals surface area contributed by atoms with Crippen LogP contribution in [0.5, 0.6) is 5.75 Å². The number of aromatic nitrogens is 4. The molecule has 3 aromatic rings. The minimum absolute atomic E-state index is 0.294. The fourth-order valence-electron chi connectivity index (χ4n) is 2.85. The first-order chi connectivity index (χ1) is 12.1. The van der Waals surface area contributed by atoms with E-state index in [0.29, 0.717) is 18.2 Å². The lowest BCUT2D eigenvalue weighted by molar-refractivity contribution is 0.301. The van der Waals surface area contributed by atoms with E-state index < -0.39 is 0 Å². The number of nitrogens with zero attached hydrogens (tertiary/aromatic N) is 4. The molecule has 1 aliphatic carbocycles. The predicted octanol–water partition coefficient (Wildman–Crippen LogP) is 3.18. The molecule has 0 aliphatic heterocycles. The van der Waals surface area contributed by atoms with Crippen molar-refractivity contribution >= 4 is 15.9 Å². The average Bonchev–Trinajstić information content (AvgIpc) is 3.41. The molecule has 1 saturated carbocycles. The molecule has 25 heavy (non-hydrogen) atoms. The fraction of sp³-hybridized carbons (Fsp3) is 0.278. The lowest BCUT2D eigenvalue weighted by Crippen LogP contribution is -2.23. The van der Waals surface area contributed by atoms with E-state index in [0.717, 1.165) is 15.8 Å². The van der Waals surface area contributed by atoms with Crippen LogP contribution in [0.1, 0.15) is 29.9 Å². The summed E-state index contributed by atoms with van der Waals surface area (Å²) in [5.41, 5.74) is 2.48. The Hall–Kier alpha value is -2.41. The Kier molecular flexibility index (Phi) is 4.17. The highest BCUT2D eigenvalue weighted by atomic mass is 79.9. The number of rotatable bonds is 5. The lowest BCUT2D eigenvalue weighted by Gasteiger charge is -2.14. The first-order valence-electron chi connectivity index (χ1n) is 8.13. The van der Waals surface area contributed by atoms with Crippen molar-refractivity contribution in [3.8, 4) is 11.4 Å². The zero-order chi connectivity index (χ0) is 17.4. The fourth-order valence-corrected chi connectivity index (χ4v) is 3.32. The van der Waals surface area contributed by atoms with Gasteiger partial charge in [0.2, 0.25) is 0 Å². The number of aryl methyl sites for hydroxylation is 1. The van der Waals surface area contributed by atoms with E-state index in [9.17, 15) is 4.79 Å². The molecule has 2 aromatic carbocycles. The van der Waals surface area contributed by atoms with Crippen molar-refractivity contribution in [2.75, 3.05) is 0 Å². The van der Waals surface area contributed by atoms with Crippen molar-refractivity contribution < 1.29 is 4.74 Å². The molecule has 0 spiro atoms. The Morgan fingerprint density at radius 1 is 1.16 bits per heavy atom. The summed E-state index contributed by atoms with van der Waals surface area (Å²) in [7, 11) is 1.58. The second-order valence-electron chi connectivity index (χ2n) is 6.14. The Balaban J connectivity index is 1.67. The number of para-hydroxylation sites is 1. The predicted molar refractivity (Wildman–Crippen MR) is 97.0 cm³/mol. The van der Waals surface area contributed by atoms with Crippen LogP contribution in [-0.2, 0) is 13.7 Å². The van der Waals surface area contributed by atoms with Gasteiger partial charge in [0.1, 0.15) is 12.4 Å². The van der Waals surface area contributed by atoms with E-state index in [-0.39, 0.29) is 5.69 Å². The molecule has 0 amide bonds. The van der Waals surface area contributed by atoms with Crippen LogP contribution >= 0.6 is 15.9 Å². The van der Waals surface area contributed by atoms with Crippen LogP contribution in [0.3, 0.4) is 0 Å². The number of halogens is 1. The summed E-state index contributed by atoms with van der Waals surface area (Å²) < 4.78 is 9.47. The van der Waals surface area contributed by atoms with E-state index in [1.807, 2.05) is 36.4 Å². The van der Waals surface area contributed by atoms with Gasteiger partial charge in [-0.1, -0.05) is 40.2 Å². The summed E-state index contributed by atoms with van der Waals surface area (Å²) in [5.74, 6) is 1.51. The van der Waals surface area contributed by atoms with Crippen molar-refractivity contribution in [3.63, 3.8) is 0 Å². The van der Waals surface area contributed by atoms with Gasteiger partial charge in [0.05, 0.1) is 5.69 Å². The third-order valence-electron chi connectivity index (χ3n) is 4.35. The summed E-state index contributed by atoms with van der Waals surface area (Å²) in [4.78, 5) is 12.2. The SMILES string of the molecule is Cn1nnn(-c2cccc(Br)c2COc2ccccc2C2CC2)c1=O. The topological polar surface area (TPSA) is 61.9 Å². The second-order valence-corrected chi connectivity index (χ2v) is 6.99. The Bertz CT molecular complexity index is 975. The van der Waals surface area contributed by atoms with Crippen LogP contribution < -0.4 is 10.4 Å². The largest absolute Gasteiger partial charge is 0.488 e. The van der Waals surface area contributed by atoms with E-state index in [2.05, 4.69) is 32.4 Å². The van der Waals surface area contributed by atoms with Gasteiger partial charge in [-0.05, 0) is 52.9 Å². The van der Waals surface area contributed by atoms with Crippen molar-refractivity contribution in [1.82, 2.24) is 19.8 Å². The van der Waals surface area contributed by atoms with Crippen LogP contribution in [0.2, 0.25) is 0 Å². The summed E-state index contributed by atoms with van der Waals surface area (Å²) in [5, 5.41) is 7.73. The van der Waals surface area contributed by atoms with Crippen LogP contribution in [0, 0.1) is 0 Å². The van der Waals surface area contributed by atoms with Crippen LogP contribution in [0.15, 0.2) is 51.7 Å². The zero-order valence-electron chi connectivity index (χ0n) is 13.7. The van der Waals surface area contributed by atoms with Crippen molar-refractivity contribution in [3.05, 3.63) is 68.5 Å². The Labute approximate surface area is 153 Å². The average molecular weight is 401 g/mol. The third-order valence-corrected chi connectivity index (χ3v) is 5.10. The number of ether oxygens (including phenoxy) is 1. The lowest BCUT2D eigenvalue weighted by atomic mass is 10.1. The van der Waals surface area contributed by atoms with Crippen molar-refractivity contribution in [2.24, 2.45) is 7.05 Å². The van der Waals surface area contributed by atoms with Gasteiger partial charge in [-0.15, -0.1) is 0 Å². The zero-order valence-corrected chi connectivity index (χ0v) is 15.3. The van der Waals surface area contributed by atoms with Crippen LogP contribution in [-0.4, -0.2) is 19.8 Å². The molecule has 4 rings (SSSR count). The molecule has 0 bridgehead atoms. The minimum atomic E-state index is -0.294. The Morgan fingerprint density at radius 3 is 2.68 bits per heavy atom. The molecule has 6 nitrogen and oxygen atoms in total. The van der Waals surface area contributed by atoms with E-state index >= 15 is 0 Å². The molecule has 1 aliphatic rings. The van der Waals surface area contributed by atoms with E-state index in [1.54, 1.807) is 7.05 Å². The van der Waals surface area contributed by atoms with Gasteiger partial charge in [-0.3, -0.25) is 0 Å². The maximum absolute atomic E-state index is 12.2. The summed E-state index contributed by atoms with van der Waals surface area (Å²) in [6.07, 6.45) is 2.44. The molecule has 0 atom stereocenters. The first kappa shape index (κ1) is 16.1. The molecule has 0 saturated heterocycles. The maximum atomic E-state index is 12.2. The van der Waals surface area contributed by atoms with Gasteiger partial charge in [0.25, 0.3) is 0 Å². The van der Waals surface area contributed by atoms with Crippen LogP contribution in [0.4, 0.5) is 0 Å². The molecule has 0 N–H and O–H groups in total. The molecule has 0 unspecified atom stereocenters. The molecule has 1 heterocycles. The van der Waals surface area contributed by atoms with Crippen molar-refractivity contribution in [1.29, 1.82) is 0 Å². The summed E-state index contributed by atoms with van der Waals surface area (Å²) in [6.45, 7) is 0.337. The highest BCUT2D eigenvalue weighted by Gasteiger charge is 2.26. The third kappa shape index (κ3) is 3.11. The maximum Gasteiger partial charge on any atom is 0.368 e. The quantitative estimate of drug-likeness (QED) is 0.659. The van der Waals surface area contributed by atoms with Gasteiger partial charge in [0, 0.05) is 17.1 Å².